The van der Waals surface area contributed by atoms with Crippen LogP contribution in [0.25, 0.3) is 22.2 Å². The summed E-state index contributed by atoms with van der Waals surface area (Å²) < 4.78 is 16.3. The van der Waals surface area contributed by atoms with Gasteiger partial charge in [-0.3, -0.25) is 0 Å². The van der Waals surface area contributed by atoms with E-state index in [4.69, 9.17) is 19.2 Å². The second-order valence-corrected chi connectivity index (χ2v) is 5.23. The molecule has 1 heterocycles. The molecule has 1 aromatic heterocycles. The summed E-state index contributed by atoms with van der Waals surface area (Å²) in [5.41, 5.74) is 3.60. The topological polar surface area (TPSA) is 40.6 Å². The van der Waals surface area contributed by atoms with Gasteiger partial charge < -0.3 is 14.2 Å². The number of fused-ring (bicyclic) bond motifs is 1. The number of pyridine rings is 1. The van der Waals surface area contributed by atoms with E-state index in [-0.39, 0.29) is 0 Å². The number of nitrogens with zero attached hydrogens (tertiary/aromatic N) is 1. The maximum Gasteiger partial charge on any atom is 0.145 e. The van der Waals surface area contributed by atoms with Gasteiger partial charge >= 0.3 is 0 Å². The third kappa shape index (κ3) is 3.68. The van der Waals surface area contributed by atoms with Gasteiger partial charge in [-0.2, -0.15) is 0 Å². The van der Waals surface area contributed by atoms with Crippen molar-refractivity contribution in [3.8, 4) is 28.5 Å². The maximum atomic E-state index is 5.45. The van der Waals surface area contributed by atoms with Crippen LogP contribution in [-0.2, 0) is 0 Å². The predicted molar refractivity (Wildman–Crippen MR) is 103 cm³/mol. The van der Waals surface area contributed by atoms with Gasteiger partial charge in [-0.25, -0.2) is 4.98 Å². The molecule has 0 atom stereocenters. The van der Waals surface area contributed by atoms with Gasteiger partial charge in [-0.1, -0.05) is 32.0 Å². The molecule has 0 aliphatic rings. The molecular formula is C21H25NO3. The molecule has 0 saturated carbocycles. The third-order valence-electron chi connectivity index (χ3n) is 3.95. The number of methoxy groups -OCH3 is 3. The second-order valence-electron chi connectivity index (χ2n) is 5.23. The summed E-state index contributed by atoms with van der Waals surface area (Å²) >= 11 is 0. The van der Waals surface area contributed by atoms with Crippen molar-refractivity contribution in [2.75, 3.05) is 21.3 Å². The largest absolute Gasteiger partial charge is 0.496 e. The molecule has 0 fully saturated rings. The molecule has 0 bridgehead atoms. The molecular weight excluding hydrogens is 314 g/mol. The van der Waals surface area contributed by atoms with E-state index in [0.717, 1.165) is 45.0 Å². The smallest absolute Gasteiger partial charge is 0.145 e. The fourth-order valence-corrected chi connectivity index (χ4v) is 2.68. The first-order valence-electron chi connectivity index (χ1n) is 8.34. The molecule has 0 amide bonds. The highest BCUT2D eigenvalue weighted by Gasteiger charge is 2.12. The van der Waals surface area contributed by atoms with E-state index in [1.807, 2.05) is 63.2 Å². The zero-order valence-electron chi connectivity index (χ0n) is 15.7. The summed E-state index contributed by atoms with van der Waals surface area (Å²) in [6.45, 7) is 5.97. The number of rotatable bonds is 4. The monoisotopic (exact) mass is 339 g/mol. The number of hydrogen-bond donors (Lipinski definition) is 0. The van der Waals surface area contributed by atoms with Crippen molar-refractivity contribution < 1.29 is 14.2 Å². The van der Waals surface area contributed by atoms with Crippen molar-refractivity contribution in [1.29, 1.82) is 0 Å². The van der Waals surface area contributed by atoms with Crippen LogP contribution in [0.3, 0.4) is 0 Å². The minimum Gasteiger partial charge on any atom is -0.496 e. The van der Waals surface area contributed by atoms with E-state index in [1.54, 1.807) is 21.3 Å². The van der Waals surface area contributed by atoms with Crippen molar-refractivity contribution in [2.24, 2.45) is 0 Å². The molecule has 2 aromatic carbocycles. The quantitative estimate of drug-likeness (QED) is 0.650. The van der Waals surface area contributed by atoms with E-state index in [1.165, 1.54) is 0 Å². The summed E-state index contributed by atoms with van der Waals surface area (Å²) in [6, 6.07) is 13.9. The SMILES string of the molecule is CC.COc1cc(-c2ccc3cccc(OC)c3n2)cc(OC)c1C. The standard InChI is InChI=1S/C19H19NO3.C2H6/c1-12-17(22-3)10-14(11-18(12)23-4)15-9-8-13-6-5-7-16(21-2)19(13)20-15;1-2/h5-11H,1-4H3;1-2H3. The van der Waals surface area contributed by atoms with Crippen LogP contribution in [-0.4, -0.2) is 26.3 Å². The van der Waals surface area contributed by atoms with Crippen molar-refractivity contribution in [3.63, 3.8) is 0 Å². The Kier molecular flexibility index (Phi) is 6.23. The minimum absolute atomic E-state index is 0.760. The van der Waals surface area contributed by atoms with Crippen LogP contribution < -0.4 is 14.2 Å². The lowest BCUT2D eigenvalue weighted by molar-refractivity contribution is 0.389. The van der Waals surface area contributed by atoms with Crippen molar-refractivity contribution in [1.82, 2.24) is 4.98 Å². The Morgan fingerprint density at radius 1 is 0.760 bits per heavy atom. The number of aromatic nitrogens is 1. The summed E-state index contributed by atoms with van der Waals surface area (Å²) in [5.74, 6) is 2.32. The van der Waals surface area contributed by atoms with Crippen LogP contribution in [0.15, 0.2) is 42.5 Å². The number of hydrogen-bond acceptors (Lipinski definition) is 4. The van der Waals surface area contributed by atoms with Crippen molar-refractivity contribution in [3.05, 3.63) is 48.0 Å². The fraction of sp³-hybridized carbons (Fsp3) is 0.286. The van der Waals surface area contributed by atoms with E-state index in [9.17, 15) is 0 Å². The highest BCUT2D eigenvalue weighted by atomic mass is 16.5. The lowest BCUT2D eigenvalue weighted by Crippen LogP contribution is -1.95. The summed E-state index contributed by atoms with van der Waals surface area (Å²) in [6.07, 6.45) is 0. The first-order chi connectivity index (χ1) is 12.2. The molecule has 4 nitrogen and oxygen atoms in total. The molecule has 0 aliphatic carbocycles. The van der Waals surface area contributed by atoms with Gasteiger partial charge in [-0.05, 0) is 31.2 Å². The van der Waals surface area contributed by atoms with Crippen LogP contribution in [0.5, 0.6) is 17.2 Å². The first-order valence-corrected chi connectivity index (χ1v) is 8.34. The zero-order valence-corrected chi connectivity index (χ0v) is 15.7. The number of para-hydroxylation sites is 1. The minimum atomic E-state index is 0.760. The second kappa shape index (κ2) is 8.38. The highest BCUT2D eigenvalue weighted by Crippen LogP contribution is 2.35. The van der Waals surface area contributed by atoms with Gasteiger partial charge in [0.15, 0.2) is 0 Å². The Morgan fingerprint density at radius 3 is 1.92 bits per heavy atom. The Hall–Kier alpha value is -2.75. The number of ether oxygens (including phenoxy) is 3. The van der Waals surface area contributed by atoms with Gasteiger partial charge in [0.2, 0.25) is 0 Å². The van der Waals surface area contributed by atoms with E-state index < -0.39 is 0 Å². The molecule has 0 spiro atoms. The van der Waals surface area contributed by atoms with Gasteiger partial charge in [0.1, 0.15) is 22.8 Å². The molecule has 4 heteroatoms. The van der Waals surface area contributed by atoms with Crippen LogP contribution in [0.1, 0.15) is 19.4 Å². The Morgan fingerprint density at radius 2 is 1.36 bits per heavy atom. The zero-order chi connectivity index (χ0) is 18.4. The van der Waals surface area contributed by atoms with Crippen molar-refractivity contribution in [2.45, 2.75) is 20.8 Å². The normalized spacial score (nSPS) is 10.0. The summed E-state index contributed by atoms with van der Waals surface area (Å²) in [5, 5.41) is 1.04. The Balaban J connectivity index is 0.00000109. The molecule has 3 aromatic rings. The Labute approximate surface area is 149 Å². The number of benzene rings is 2. The van der Waals surface area contributed by atoms with E-state index in [0.29, 0.717) is 0 Å². The molecule has 0 N–H and O–H groups in total. The van der Waals surface area contributed by atoms with Gasteiger partial charge in [0, 0.05) is 16.5 Å². The van der Waals surface area contributed by atoms with Gasteiger partial charge in [-0.15, -0.1) is 0 Å². The van der Waals surface area contributed by atoms with Crippen LogP contribution in [0.4, 0.5) is 0 Å². The predicted octanol–water partition coefficient (Wildman–Crippen LogP) is 5.26. The van der Waals surface area contributed by atoms with E-state index in [2.05, 4.69) is 0 Å². The molecule has 0 aliphatic heterocycles. The van der Waals surface area contributed by atoms with E-state index >= 15 is 0 Å². The van der Waals surface area contributed by atoms with Gasteiger partial charge in [0.25, 0.3) is 0 Å². The Bertz CT molecular complexity index is 834. The summed E-state index contributed by atoms with van der Waals surface area (Å²) in [4.78, 5) is 4.76. The average Bonchev–Trinajstić information content (AvgIpc) is 2.68. The lowest BCUT2D eigenvalue weighted by atomic mass is 10.1. The van der Waals surface area contributed by atoms with Crippen LogP contribution >= 0.6 is 0 Å². The third-order valence-corrected chi connectivity index (χ3v) is 3.95. The maximum absolute atomic E-state index is 5.45. The molecule has 0 saturated heterocycles. The highest BCUT2D eigenvalue weighted by molar-refractivity contribution is 5.87. The molecule has 0 unspecified atom stereocenters. The summed E-state index contributed by atoms with van der Waals surface area (Å²) in [7, 11) is 4.96. The van der Waals surface area contributed by atoms with Crippen molar-refractivity contribution >= 4 is 10.9 Å². The van der Waals surface area contributed by atoms with Gasteiger partial charge in [0.05, 0.1) is 27.0 Å². The fourth-order valence-electron chi connectivity index (χ4n) is 2.68. The molecule has 132 valence electrons. The van der Waals surface area contributed by atoms with Crippen LogP contribution in [0.2, 0.25) is 0 Å². The average molecular weight is 339 g/mol. The van der Waals surface area contributed by atoms with Crippen LogP contribution in [0, 0.1) is 6.92 Å². The molecule has 0 radical (unpaired) electrons. The molecule has 25 heavy (non-hydrogen) atoms. The first kappa shape index (κ1) is 18.6. The lowest BCUT2D eigenvalue weighted by Gasteiger charge is -2.13. The molecule has 3 rings (SSSR count).